The van der Waals surface area contributed by atoms with Crippen LogP contribution in [0.3, 0.4) is 0 Å². The van der Waals surface area contributed by atoms with Gasteiger partial charge in [0.15, 0.2) is 0 Å². The van der Waals surface area contributed by atoms with E-state index < -0.39 is 0 Å². The first kappa shape index (κ1) is 10.7. The number of ether oxygens (including phenoxy) is 1. The quantitative estimate of drug-likeness (QED) is 0.649. The van der Waals surface area contributed by atoms with Crippen molar-refractivity contribution in [3.05, 3.63) is 47.3 Å². The Kier molecular flexibility index (Phi) is 4.74. The highest BCUT2D eigenvalue weighted by Crippen LogP contribution is 2.03. The Morgan fingerprint density at radius 3 is 2.64 bits per heavy atom. The van der Waals surface area contributed by atoms with Gasteiger partial charge in [0, 0.05) is 6.42 Å². The normalized spacial score (nSPS) is 12.0. The van der Waals surface area contributed by atoms with Crippen molar-refractivity contribution in [2.24, 2.45) is 0 Å². The molecule has 0 aromatic heterocycles. The molecule has 0 saturated carbocycles. The molecule has 0 aliphatic rings. The lowest BCUT2D eigenvalue weighted by atomic mass is 10.2. The molecule has 0 amide bonds. The second-order valence-corrected chi connectivity index (χ2v) is 3.19. The molecule has 0 aliphatic carbocycles. The minimum atomic E-state index is 0.0127. The molecular formula is C12H15NO. The van der Waals surface area contributed by atoms with Crippen LogP contribution in [0.2, 0.25) is 0 Å². The zero-order valence-electron chi connectivity index (χ0n) is 8.44. The number of rotatable bonds is 5. The topological polar surface area (TPSA) is 13.6 Å². The van der Waals surface area contributed by atoms with E-state index in [1.165, 1.54) is 0 Å². The summed E-state index contributed by atoms with van der Waals surface area (Å²) in [6, 6.07) is 10.0. The maximum atomic E-state index is 6.89. The summed E-state index contributed by atoms with van der Waals surface area (Å²) in [6.07, 6.45) is 0.859. The summed E-state index contributed by atoms with van der Waals surface area (Å²) in [7, 11) is 0. The van der Waals surface area contributed by atoms with E-state index in [0.29, 0.717) is 13.2 Å². The van der Waals surface area contributed by atoms with Crippen LogP contribution in [0, 0.1) is 6.57 Å². The Hall–Kier alpha value is -1.33. The van der Waals surface area contributed by atoms with Gasteiger partial charge >= 0.3 is 0 Å². The van der Waals surface area contributed by atoms with Gasteiger partial charge < -0.3 is 9.58 Å². The Labute approximate surface area is 85.3 Å². The molecule has 0 radical (unpaired) electrons. The molecule has 14 heavy (non-hydrogen) atoms. The third kappa shape index (κ3) is 3.59. The summed E-state index contributed by atoms with van der Waals surface area (Å²) < 4.78 is 5.45. The van der Waals surface area contributed by atoms with Crippen molar-refractivity contribution in [2.45, 2.75) is 26.0 Å². The van der Waals surface area contributed by atoms with E-state index in [-0.39, 0.29) is 6.04 Å². The van der Waals surface area contributed by atoms with Gasteiger partial charge in [0.1, 0.15) is 6.61 Å². The molecule has 0 N–H and O–H groups in total. The number of hydrogen-bond acceptors (Lipinski definition) is 1. The van der Waals surface area contributed by atoms with E-state index in [1.807, 2.05) is 37.3 Å². The van der Waals surface area contributed by atoms with Gasteiger partial charge in [-0.1, -0.05) is 37.3 Å². The van der Waals surface area contributed by atoms with Gasteiger partial charge in [-0.15, -0.1) is 0 Å². The molecule has 0 heterocycles. The van der Waals surface area contributed by atoms with Crippen molar-refractivity contribution in [1.29, 1.82) is 0 Å². The van der Waals surface area contributed by atoms with Crippen molar-refractivity contribution in [2.75, 3.05) is 6.61 Å². The SMILES string of the molecule is [C-]#[N+]C(CC)COCc1ccccc1. The van der Waals surface area contributed by atoms with Crippen molar-refractivity contribution in [3.8, 4) is 0 Å². The average molecular weight is 189 g/mol. The van der Waals surface area contributed by atoms with E-state index in [9.17, 15) is 0 Å². The molecule has 1 aromatic carbocycles. The lowest BCUT2D eigenvalue weighted by Crippen LogP contribution is -2.10. The van der Waals surface area contributed by atoms with Gasteiger partial charge in [0.25, 0.3) is 0 Å². The molecular weight excluding hydrogens is 174 g/mol. The van der Waals surface area contributed by atoms with Crippen LogP contribution in [0.1, 0.15) is 18.9 Å². The van der Waals surface area contributed by atoms with Crippen molar-refractivity contribution in [3.63, 3.8) is 0 Å². The first-order chi connectivity index (χ1) is 6.86. The first-order valence-electron chi connectivity index (χ1n) is 4.85. The lowest BCUT2D eigenvalue weighted by Gasteiger charge is -2.04. The zero-order chi connectivity index (χ0) is 10.2. The van der Waals surface area contributed by atoms with Crippen LogP contribution in [0.5, 0.6) is 0 Å². The molecule has 0 spiro atoms. The van der Waals surface area contributed by atoms with Crippen molar-refractivity contribution in [1.82, 2.24) is 0 Å². The van der Waals surface area contributed by atoms with Crippen LogP contribution in [-0.2, 0) is 11.3 Å². The Morgan fingerprint density at radius 2 is 2.07 bits per heavy atom. The van der Waals surface area contributed by atoms with Crippen molar-refractivity contribution < 1.29 is 4.74 Å². The van der Waals surface area contributed by atoms with E-state index in [2.05, 4.69) is 4.85 Å². The molecule has 0 fully saturated rings. The van der Waals surface area contributed by atoms with Gasteiger partial charge in [-0.25, -0.2) is 6.57 Å². The Balaban J connectivity index is 2.26. The molecule has 1 atom stereocenters. The number of benzene rings is 1. The monoisotopic (exact) mass is 189 g/mol. The van der Waals surface area contributed by atoms with Gasteiger partial charge in [-0.2, -0.15) is 0 Å². The summed E-state index contributed by atoms with van der Waals surface area (Å²) in [4.78, 5) is 3.46. The molecule has 2 nitrogen and oxygen atoms in total. The van der Waals surface area contributed by atoms with Crippen LogP contribution in [-0.4, -0.2) is 12.6 Å². The van der Waals surface area contributed by atoms with Crippen LogP contribution in [0.15, 0.2) is 30.3 Å². The predicted molar refractivity (Wildman–Crippen MR) is 56.8 cm³/mol. The molecule has 0 saturated heterocycles. The molecule has 0 aliphatic heterocycles. The molecule has 1 rings (SSSR count). The predicted octanol–water partition coefficient (Wildman–Crippen LogP) is 2.90. The minimum absolute atomic E-state index is 0.0127. The Bertz CT molecular complexity index is 289. The second kappa shape index (κ2) is 6.17. The smallest absolute Gasteiger partial charge is 0.246 e. The minimum Gasteiger partial charge on any atom is -0.369 e. The molecule has 2 heteroatoms. The summed E-state index contributed by atoms with van der Waals surface area (Å²) in [5, 5.41) is 0. The van der Waals surface area contributed by atoms with Crippen LogP contribution < -0.4 is 0 Å². The van der Waals surface area contributed by atoms with E-state index in [0.717, 1.165) is 12.0 Å². The first-order valence-corrected chi connectivity index (χ1v) is 4.85. The maximum Gasteiger partial charge on any atom is 0.246 e. The van der Waals surface area contributed by atoms with Gasteiger partial charge in [0.05, 0.1) is 6.61 Å². The fraction of sp³-hybridized carbons (Fsp3) is 0.417. The molecule has 74 valence electrons. The fourth-order valence-electron chi connectivity index (χ4n) is 1.13. The zero-order valence-corrected chi connectivity index (χ0v) is 8.44. The third-order valence-corrected chi connectivity index (χ3v) is 2.08. The van der Waals surface area contributed by atoms with Gasteiger partial charge in [-0.05, 0) is 5.56 Å². The van der Waals surface area contributed by atoms with Crippen LogP contribution >= 0.6 is 0 Å². The van der Waals surface area contributed by atoms with E-state index in [4.69, 9.17) is 11.3 Å². The largest absolute Gasteiger partial charge is 0.369 e. The summed E-state index contributed by atoms with van der Waals surface area (Å²) in [5.41, 5.74) is 1.16. The van der Waals surface area contributed by atoms with Crippen molar-refractivity contribution >= 4 is 0 Å². The van der Waals surface area contributed by atoms with Crippen LogP contribution in [0.4, 0.5) is 0 Å². The number of hydrogen-bond donors (Lipinski definition) is 0. The third-order valence-electron chi connectivity index (χ3n) is 2.08. The molecule has 1 unspecified atom stereocenters. The number of nitrogens with zero attached hydrogens (tertiary/aromatic N) is 1. The Morgan fingerprint density at radius 1 is 1.36 bits per heavy atom. The van der Waals surface area contributed by atoms with E-state index >= 15 is 0 Å². The van der Waals surface area contributed by atoms with E-state index in [1.54, 1.807) is 0 Å². The van der Waals surface area contributed by atoms with Gasteiger partial charge in [0.2, 0.25) is 6.04 Å². The standard InChI is InChI=1S/C12H15NO/c1-3-12(13-2)10-14-9-11-7-5-4-6-8-11/h4-8,12H,3,9-10H2,1H3. The molecule has 1 aromatic rings. The summed E-state index contributed by atoms with van der Waals surface area (Å²) >= 11 is 0. The summed E-state index contributed by atoms with van der Waals surface area (Å²) in [5.74, 6) is 0. The lowest BCUT2D eigenvalue weighted by molar-refractivity contribution is 0.114. The second-order valence-electron chi connectivity index (χ2n) is 3.19. The fourth-order valence-corrected chi connectivity index (χ4v) is 1.13. The average Bonchev–Trinajstić information content (AvgIpc) is 2.26. The van der Waals surface area contributed by atoms with Crippen LogP contribution in [0.25, 0.3) is 4.85 Å². The molecule has 0 bridgehead atoms. The highest BCUT2D eigenvalue weighted by Gasteiger charge is 2.08. The maximum absolute atomic E-state index is 6.89. The highest BCUT2D eigenvalue weighted by molar-refractivity contribution is 5.13. The summed E-state index contributed by atoms with van der Waals surface area (Å²) in [6.45, 7) is 10.0. The highest BCUT2D eigenvalue weighted by atomic mass is 16.5. The van der Waals surface area contributed by atoms with Gasteiger partial charge in [-0.3, -0.25) is 0 Å².